The van der Waals surface area contributed by atoms with Crippen molar-refractivity contribution in [3.8, 4) is 0 Å². The van der Waals surface area contributed by atoms with Gasteiger partial charge in [0.05, 0.1) is 11.3 Å². The molecule has 7 heteroatoms. The van der Waals surface area contributed by atoms with Crippen LogP contribution in [-0.4, -0.2) is 31.2 Å². The molecule has 0 radical (unpaired) electrons. The predicted molar refractivity (Wildman–Crippen MR) is 113 cm³/mol. The Morgan fingerprint density at radius 3 is 2.54 bits per heavy atom. The van der Waals surface area contributed by atoms with Crippen molar-refractivity contribution in [1.82, 2.24) is 19.6 Å². The molecule has 0 saturated heterocycles. The van der Waals surface area contributed by atoms with E-state index in [1.54, 1.807) is 4.52 Å². The number of carbonyl (C=O) groups excluding carboxylic acids is 1. The summed E-state index contributed by atoms with van der Waals surface area (Å²) in [5, 5.41) is 9.09. The molecule has 1 amide bonds. The van der Waals surface area contributed by atoms with Gasteiger partial charge in [0, 0.05) is 11.1 Å². The predicted octanol–water partition coefficient (Wildman–Crippen LogP) is 4.24. The first kappa shape index (κ1) is 18.4. The summed E-state index contributed by atoms with van der Waals surface area (Å²) >= 11 is 1.36. The standard InChI is InChI=1S/C21H21N5OS/c1-12-9-13(2)19(14(3)10-12)24-18(27)11-28-21-23-17-8-6-5-7-16(17)20-22-15(4)25-26(20)21/h5-10H,11H2,1-4H3,(H,24,27). The van der Waals surface area contributed by atoms with Gasteiger partial charge in [-0.2, -0.15) is 4.52 Å². The van der Waals surface area contributed by atoms with Crippen LogP contribution < -0.4 is 5.32 Å². The Bertz CT molecular complexity index is 1190. The molecule has 4 rings (SSSR count). The number of nitrogens with one attached hydrogen (secondary N) is 1. The van der Waals surface area contributed by atoms with E-state index in [4.69, 9.17) is 0 Å². The number of nitrogens with zero attached hydrogens (tertiary/aromatic N) is 4. The van der Waals surface area contributed by atoms with Crippen molar-refractivity contribution in [3.63, 3.8) is 0 Å². The molecule has 1 N–H and O–H groups in total. The molecule has 0 unspecified atom stereocenters. The highest BCUT2D eigenvalue weighted by Crippen LogP contribution is 2.25. The summed E-state index contributed by atoms with van der Waals surface area (Å²) in [5.41, 5.74) is 5.80. The minimum atomic E-state index is -0.0694. The highest BCUT2D eigenvalue weighted by Gasteiger charge is 2.14. The van der Waals surface area contributed by atoms with Gasteiger partial charge in [0.15, 0.2) is 10.8 Å². The molecule has 0 bridgehead atoms. The highest BCUT2D eigenvalue weighted by molar-refractivity contribution is 7.99. The second kappa shape index (κ2) is 7.24. The van der Waals surface area contributed by atoms with E-state index in [0.717, 1.165) is 33.4 Å². The zero-order valence-electron chi connectivity index (χ0n) is 16.3. The van der Waals surface area contributed by atoms with Crippen molar-refractivity contribution in [1.29, 1.82) is 0 Å². The number of aromatic nitrogens is 4. The summed E-state index contributed by atoms with van der Waals surface area (Å²) in [6.07, 6.45) is 0. The molecule has 142 valence electrons. The van der Waals surface area contributed by atoms with Crippen LogP contribution in [0.15, 0.2) is 41.6 Å². The zero-order chi connectivity index (χ0) is 19.8. The second-order valence-corrected chi connectivity index (χ2v) is 7.86. The van der Waals surface area contributed by atoms with Gasteiger partial charge in [0.25, 0.3) is 0 Å². The minimum absolute atomic E-state index is 0.0694. The Hall–Kier alpha value is -2.93. The Morgan fingerprint density at radius 1 is 1.07 bits per heavy atom. The molecule has 2 heterocycles. The highest BCUT2D eigenvalue weighted by atomic mass is 32.2. The monoisotopic (exact) mass is 391 g/mol. The Morgan fingerprint density at radius 2 is 1.79 bits per heavy atom. The van der Waals surface area contributed by atoms with Crippen LogP contribution in [0.3, 0.4) is 0 Å². The third kappa shape index (κ3) is 3.45. The third-order valence-corrected chi connectivity index (χ3v) is 5.46. The quantitative estimate of drug-likeness (QED) is 0.416. The third-order valence-electron chi connectivity index (χ3n) is 4.53. The summed E-state index contributed by atoms with van der Waals surface area (Å²) in [6, 6.07) is 12.0. The van der Waals surface area contributed by atoms with E-state index in [0.29, 0.717) is 11.0 Å². The zero-order valence-corrected chi connectivity index (χ0v) is 17.1. The van der Waals surface area contributed by atoms with Crippen molar-refractivity contribution < 1.29 is 4.79 Å². The minimum Gasteiger partial charge on any atom is -0.325 e. The first-order valence-corrected chi connectivity index (χ1v) is 10.0. The first-order valence-electron chi connectivity index (χ1n) is 9.05. The molecule has 0 spiro atoms. The van der Waals surface area contributed by atoms with Gasteiger partial charge >= 0.3 is 0 Å². The Balaban J connectivity index is 1.59. The van der Waals surface area contributed by atoms with Crippen LogP contribution >= 0.6 is 11.8 Å². The van der Waals surface area contributed by atoms with E-state index in [-0.39, 0.29) is 11.7 Å². The Kier molecular flexibility index (Phi) is 4.77. The van der Waals surface area contributed by atoms with Gasteiger partial charge in [-0.25, -0.2) is 9.97 Å². The van der Waals surface area contributed by atoms with Crippen LogP contribution in [0.4, 0.5) is 5.69 Å². The van der Waals surface area contributed by atoms with Gasteiger partial charge in [0.1, 0.15) is 5.82 Å². The number of hydrogen-bond acceptors (Lipinski definition) is 5. The fourth-order valence-corrected chi connectivity index (χ4v) is 4.15. The number of amides is 1. The number of rotatable bonds is 4. The summed E-state index contributed by atoms with van der Waals surface area (Å²) in [4.78, 5) is 21.8. The number of hydrogen-bond donors (Lipinski definition) is 1. The smallest absolute Gasteiger partial charge is 0.234 e. The number of anilines is 1. The van der Waals surface area contributed by atoms with Crippen LogP contribution in [0.25, 0.3) is 16.6 Å². The number of carbonyl (C=O) groups is 1. The second-order valence-electron chi connectivity index (χ2n) is 6.92. The number of aryl methyl sites for hydroxylation is 4. The fraction of sp³-hybridized carbons (Fsp3) is 0.238. The van der Waals surface area contributed by atoms with Crippen LogP contribution in [-0.2, 0) is 4.79 Å². The number of para-hydroxylation sites is 1. The van der Waals surface area contributed by atoms with Gasteiger partial charge in [-0.3, -0.25) is 4.79 Å². The van der Waals surface area contributed by atoms with E-state index in [2.05, 4.69) is 39.4 Å². The molecule has 4 aromatic rings. The molecule has 0 aliphatic rings. The maximum atomic E-state index is 12.6. The van der Waals surface area contributed by atoms with Gasteiger partial charge in [-0.05, 0) is 51.0 Å². The SMILES string of the molecule is Cc1cc(C)c(NC(=O)CSc2nc3ccccc3c3nc(C)nn23)c(C)c1. The molecule has 6 nitrogen and oxygen atoms in total. The molecule has 0 fully saturated rings. The molecule has 0 saturated carbocycles. The first-order chi connectivity index (χ1) is 13.4. The maximum absolute atomic E-state index is 12.6. The number of thioether (sulfide) groups is 1. The molecule has 0 aliphatic heterocycles. The van der Waals surface area contributed by atoms with Crippen LogP contribution in [0.2, 0.25) is 0 Å². The van der Waals surface area contributed by atoms with Gasteiger partial charge in [-0.1, -0.05) is 41.6 Å². The largest absolute Gasteiger partial charge is 0.325 e. The molecule has 28 heavy (non-hydrogen) atoms. The van der Waals surface area contributed by atoms with Gasteiger partial charge in [0.2, 0.25) is 5.91 Å². The van der Waals surface area contributed by atoms with E-state index >= 15 is 0 Å². The molecular weight excluding hydrogens is 370 g/mol. The maximum Gasteiger partial charge on any atom is 0.234 e. The van der Waals surface area contributed by atoms with E-state index in [9.17, 15) is 4.79 Å². The normalized spacial score (nSPS) is 11.3. The van der Waals surface area contributed by atoms with Crippen molar-refractivity contribution >= 4 is 39.9 Å². The number of fused-ring (bicyclic) bond motifs is 3. The van der Waals surface area contributed by atoms with Crippen LogP contribution in [0, 0.1) is 27.7 Å². The molecule has 0 atom stereocenters. The van der Waals surface area contributed by atoms with Crippen molar-refractivity contribution in [2.45, 2.75) is 32.9 Å². The average molecular weight is 392 g/mol. The summed E-state index contributed by atoms with van der Waals surface area (Å²) < 4.78 is 1.72. The molecule has 0 aliphatic carbocycles. The fourth-order valence-electron chi connectivity index (χ4n) is 3.41. The summed E-state index contributed by atoms with van der Waals surface area (Å²) in [5.74, 6) is 0.849. The van der Waals surface area contributed by atoms with Crippen LogP contribution in [0.1, 0.15) is 22.5 Å². The van der Waals surface area contributed by atoms with E-state index in [1.165, 1.54) is 17.3 Å². The van der Waals surface area contributed by atoms with Gasteiger partial charge < -0.3 is 5.32 Å². The Labute approximate surface area is 167 Å². The average Bonchev–Trinajstić information content (AvgIpc) is 3.04. The molecule has 2 aromatic heterocycles. The van der Waals surface area contributed by atoms with Crippen LogP contribution in [0.5, 0.6) is 0 Å². The van der Waals surface area contributed by atoms with E-state index in [1.807, 2.05) is 45.0 Å². The van der Waals surface area contributed by atoms with Crippen molar-refractivity contribution in [3.05, 3.63) is 58.9 Å². The lowest BCUT2D eigenvalue weighted by Crippen LogP contribution is -2.16. The lowest BCUT2D eigenvalue weighted by Gasteiger charge is -2.13. The lowest BCUT2D eigenvalue weighted by atomic mass is 10.1. The summed E-state index contributed by atoms with van der Waals surface area (Å²) in [7, 11) is 0. The van der Waals surface area contributed by atoms with Crippen molar-refractivity contribution in [2.75, 3.05) is 11.1 Å². The summed E-state index contributed by atoms with van der Waals surface area (Å²) in [6.45, 7) is 7.93. The van der Waals surface area contributed by atoms with Gasteiger partial charge in [-0.15, -0.1) is 5.10 Å². The number of benzene rings is 2. The van der Waals surface area contributed by atoms with E-state index < -0.39 is 0 Å². The molecule has 2 aromatic carbocycles. The lowest BCUT2D eigenvalue weighted by molar-refractivity contribution is -0.113. The topological polar surface area (TPSA) is 72.2 Å². The van der Waals surface area contributed by atoms with Crippen molar-refractivity contribution in [2.24, 2.45) is 0 Å². The molecular formula is C21H21N5OS.